The van der Waals surface area contributed by atoms with Crippen molar-refractivity contribution in [1.29, 1.82) is 0 Å². The molecule has 0 aliphatic carbocycles. The summed E-state index contributed by atoms with van der Waals surface area (Å²) in [5, 5.41) is 5.50. The van der Waals surface area contributed by atoms with Crippen LogP contribution in [0.1, 0.15) is 55.5 Å². The fourth-order valence-electron chi connectivity index (χ4n) is 3.01. The van der Waals surface area contributed by atoms with Gasteiger partial charge in [0.15, 0.2) is 0 Å². The van der Waals surface area contributed by atoms with Crippen LogP contribution < -0.4 is 14.9 Å². The summed E-state index contributed by atoms with van der Waals surface area (Å²) in [6, 6.07) is 13.8. The molecule has 2 rings (SSSR count). The first-order valence-corrected chi connectivity index (χ1v) is 12.2. The van der Waals surface area contributed by atoms with E-state index >= 15 is 0 Å². The van der Waals surface area contributed by atoms with Crippen LogP contribution in [0.15, 0.2) is 48.5 Å². The fraction of sp³-hybridized carbons (Fsp3) is 0.391. The molecule has 0 atom stereocenters. The number of sulfonamides is 1. The minimum atomic E-state index is -3.69. The zero-order valence-electron chi connectivity index (χ0n) is 18.5. The van der Waals surface area contributed by atoms with Gasteiger partial charge in [-0.1, -0.05) is 51.5 Å². The molecule has 0 unspecified atom stereocenters. The first-order valence-electron chi connectivity index (χ1n) is 10.4. The van der Waals surface area contributed by atoms with E-state index in [2.05, 4.69) is 10.6 Å². The normalized spacial score (nSPS) is 11.3. The predicted molar refractivity (Wildman–Crippen MR) is 125 cm³/mol. The second-order valence-corrected chi connectivity index (χ2v) is 9.63. The summed E-state index contributed by atoms with van der Waals surface area (Å²) in [5.41, 5.74) is 2.15. The molecule has 2 amide bonds. The monoisotopic (exact) mass is 445 g/mol. The fourth-order valence-corrected chi connectivity index (χ4v) is 3.87. The Morgan fingerprint density at radius 2 is 1.68 bits per heavy atom. The van der Waals surface area contributed by atoms with Gasteiger partial charge in [-0.25, -0.2) is 8.42 Å². The van der Waals surface area contributed by atoms with E-state index < -0.39 is 22.5 Å². The van der Waals surface area contributed by atoms with Crippen LogP contribution in [0.5, 0.6) is 0 Å². The Morgan fingerprint density at radius 3 is 2.26 bits per heavy atom. The maximum absolute atomic E-state index is 12.7. The van der Waals surface area contributed by atoms with Crippen LogP contribution in [0, 0.1) is 0 Å². The van der Waals surface area contributed by atoms with Gasteiger partial charge in [0.05, 0.1) is 23.2 Å². The topological polar surface area (TPSA) is 95.6 Å². The number of anilines is 2. The van der Waals surface area contributed by atoms with Crippen molar-refractivity contribution in [2.75, 3.05) is 29.0 Å². The number of nitrogens with zero attached hydrogens (tertiary/aromatic N) is 1. The Balaban J connectivity index is 2.18. The van der Waals surface area contributed by atoms with E-state index in [0.717, 1.165) is 29.0 Å². The van der Waals surface area contributed by atoms with E-state index in [1.807, 2.05) is 32.9 Å². The maximum Gasteiger partial charge on any atom is 0.253 e. The van der Waals surface area contributed by atoms with Crippen molar-refractivity contribution in [3.63, 3.8) is 0 Å². The second-order valence-electron chi connectivity index (χ2n) is 7.72. The highest BCUT2D eigenvalue weighted by Crippen LogP contribution is 2.22. The van der Waals surface area contributed by atoms with Crippen molar-refractivity contribution < 1.29 is 18.0 Å². The van der Waals surface area contributed by atoms with Gasteiger partial charge in [0, 0.05) is 6.54 Å². The number of benzene rings is 2. The lowest BCUT2D eigenvalue weighted by molar-refractivity contribution is -0.114. The summed E-state index contributed by atoms with van der Waals surface area (Å²) in [7, 11) is -3.69. The van der Waals surface area contributed by atoms with Crippen LogP contribution in [-0.2, 0) is 14.8 Å². The van der Waals surface area contributed by atoms with Gasteiger partial charge in [-0.2, -0.15) is 0 Å². The van der Waals surface area contributed by atoms with Crippen molar-refractivity contribution in [1.82, 2.24) is 5.32 Å². The van der Waals surface area contributed by atoms with E-state index in [4.69, 9.17) is 0 Å². The van der Waals surface area contributed by atoms with Crippen LogP contribution >= 0.6 is 0 Å². The summed E-state index contributed by atoms with van der Waals surface area (Å²) < 4.78 is 25.7. The third-order valence-corrected chi connectivity index (χ3v) is 5.94. The molecule has 2 N–H and O–H groups in total. The SMILES string of the molecule is CCCCNC(=O)c1ccccc1NC(=O)CN(c1ccc(C(C)C)cc1)S(C)(=O)=O. The van der Waals surface area contributed by atoms with Crippen LogP contribution in [0.3, 0.4) is 0 Å². The van der Waals surface area contributed by atoms with Gasteiger partial charge in [-0.05, 0) is 42.2 Å². The van der Waals surface area contributed by atoms with Gasteiger partial charge >= 0.3 is 0 Å². The number of carbonyl (C=O) groups excluding carboxylic acids is 2. The smallest absolute Gasteiger partial charge is 0.253 e. The van der Waals surface area contributed by atoms with Crippen molar-refractivity contribution in [3.8, 4) is 0 Å². The van der Waals surface area contributed by atoms with Crippen LogP contribution in [0.25, 0.3) is 0 Å². The standard InChI is InChI=1S/C23H31N3O4S/c1-5-6-15-24-23(28)20-9-7-8-10-21(20)25-22(27)16-26(31(4,29)30)19-13-11-18(12-14-19)17(2)3/h7-14,17H,5-6,15-16H2,1-4H3,(H,24,28)(H,25,27). The summed E-state index contributed by atoms with van der Waals surface area (Å²) in [4.78, 5) is 25.1. The number of amides is 2. The quantitative estimate of drug-likeness (QED) is 0.545. The zero-order valence-corrected chi connectivity index (χ0v) is 19.3. The lowest BCUT2D eigenvalue weighted by Crippen LogP contribution is -2.37. The number of hydrogen-bond donors (Lipinski definition) is 2. The van der Waals surface area contributed by atoms with Crippen molar-refractivity contribution >= 4 is 33.2 Å². The van der Waals surface area contributed by atoms with Crippen molar-refractivity contribution in [2.24, 2.45) is 0 Å². The molecule has 2 aromatic carbocycles. The molecule has 168 valence electrons. The molecule has 0 saturated carbocycles. The Kier molecular flexibility index (Phi) is 8.62. The highest BCUT2D eigenvalue weighted by molar-refractivity contribution is 7.92. The summed E-state index contributed by atoms with van der Waals surface area (Å²) in [6.07, 6.45) is 2.88. The molecule has 2 aromatic rings. The Morgan fingerprint density at radius 1 is 1.03 bits per heavy atom. The van der Waals surface area contributed by atoms with E-state index in [9.17, 15) is 18.0 Å². The minimum Gasteiger partial charge on any atom is -0.352 e. The summed E-state index contributed by atoms with van der Waals surface area (Å²) in [5.74, 6) is -0.509. The average Bonchev–Trinajstić information content (AvgIpc) is 2.72. The summed E-state index contributed by atoms with van der Waals surface area (Å²) >= 11 is 0. The largest absolute Gasteiger partial charge is 0.352 e. The van der Waals surface area contributed by atoms with Crippen LogP contribution in [0.4, 0.5) is 11.4 Å². The molecule has 0 fully saturated rings. The number of rotatable bonds is 10. The van der Waals surface area contributed by atoms with Gasteiger partial charge in [0.2, 0.25) is 15.9 Å². The van der Waals surface area contributed by atoms with Gasteiger partial charge in [0.25, 0.3) is 5.91 Å². The molecule has 0 aliphatic rings. The maximum atomic E-state index is 12.7. The molecule has 0 aromatic heterocycles. The predicted octanol–water partition coefficient (Wildman–Crippen LogP) is 3.74. The van der Waals surface area contributed by atoms with E-state index in [1.165, 1.54) is 0 Å². The first-order chi connectivity index (χ1) is 14.6. The highest BCUT2D eigenvalue weighted by atomic mass is 32.2. The molecular formula is C23H31N3O4S. The lowest BCUT2D eigenvalue weighted by Gasteiger charge is -2.22. The Hall–Kier alpha value is -2.87. The molecule has 0 saturated heterocycles. The third kappa shape index (κ3) is 7.10. The van der Waals surface area contributed by atoms with Gasteiger partial charge in [-0.15, -0.1) is 0 Å². The lowest BCUT2D eigenvalue weighted by atomic mass is 10.0. The zero-order chi connectivity index (χ0) is 23.0. The number of hydrogen-bond acceptors (Lipinski definition) is 4. The number of unbranched alkanes of at least 4 members (excludes halogenated alkanes) is 1. The third-order valence-electron chi connectivity index (χ3n) is 4.80. The van der Waals surface area contributed by atoms with Gasteiger partial charge in [-0.3, -0.25) is 13.9 Å². The Labute approximate surface area is 184 Å². The minimum absolute atomic E-state index is 0.284. The molecule has 0 heterocycles. The number of para-hydroxylation sites is 1. The highest BCUT2D eigenvalue weighted by Gasteiger charge is 2.22. The van der Waals surface area contributed by atoms with Crippen LogP contribution in [-0.4, -0.2) is 39.6 Å². The van der Waals surface area contributed by atoms with Crippen LogP contribution in [0.2, 0.25) is 0 Å². The molecule has 0 radical (unpaired) electrons. The number of nitrogens with one attached hydrogen (secondary N) is 2. The number of carbonyl (C=O) groups is 2. The van der Waals surface area contributed by atoms with Gasteiger partial charge in [0.1, 0.15) is 6.54 Å². The second kappa shape index (κ2) is 10.9. The summed E-state index contributed by atoms with van der Waals surface area (Å²) in [6.45, 7) is 6.28. The van der Waals surface area contributed by atoms with Crippen molar-refractivity contribution in [3.05, 3.63) is 59.7 Å². The first kappa shape index (κ1) is 24.4. The van der Waals surface area contributed by atoms with E-state index in [0.29, 0.717) is 29.4 Å². The average molecular weight is 446 g/mol. The van der Waals surface area contributed by atoms with E-state index in [1.54, 1.807) is 36.4 Å². The molecule has 7 nitrogen and oxygen atoms in total. The molecule has 31 heavy (non-hydrogen) atoms. The molecular weight excluding hydrogens is 414 g/mol. The molecule has 0 aliphatic heterocycles. The van der Waals surface area contributed by atoms with Crippen molar-refractivity contribution in [2.45, 2.75) is 39.5 Å². The molecule has 0 spiro atoms. The Bertz CT molecular complexity index is 1000. The molecule has 8 heteroatoms. The molecule has 0 bridgehead atoms. The van der Waals surface area contributed by atoms with Gasteiger partial charge < -0.3 is 10.6 Å². The van der Waals surface area contributed by atoms with E-state index in [-0.39, 0.29) is 5.91 Å².